The zero-order valence-electron chi connectivity index (χ0n) is 10.9. The monoisotopic (exact) mass is 259 g/mol. The summed E-state index contributed by atoms with van der Waals surface area (Å²) in [6, 6.07) is 8.01. The molecule has 0 bridgehead atoms. The Balaban J connectivity index is 2.11. The van der Waals surface area contributed by atoms with Gasteiger partial charge in [0.1, 0.15) is 11.8 Å². The fourth-order valence-electron chi connectivity index (χ4n) is 2.53. The van der Waals surface area contributed by atoms with Gasteiger partial charge in [-0.3, -0.25) is 0 Å². The van der Waals surface area contributed by atoms with Crippen LogP contribution in [0.2, 0.25) is 0 Å². The van der Waals surface area contributed by atoms with Crippen molar-refractivity contribution in [2.75, 3.05) is 6.61 Å². The normalized spacial score (nSPS) is 18.9. The smallest absolute Gasteiger partial charge is 0.114 e. The fourth-order valence-corrected chi connectivity index (χ4v) is 2.53. The minimum atomic E-state index is -0.110. The lowest BCUT2D eigenvalue weighted by Crippen LogP contribution is -2.10. The largest absolute Gasteiger partial charge is 0.390 e. The van der Waals surface area contributed by atoms with Crippen LogP contribution < -0.4 is 0 Å². The number of aromatic nitrogens is 3. The van der Waals surface area contributed by atoms with Gasteiger partial charge in [0.2, 0.25) is 0 Å². The van der Waals surface area contributed by atoms with Crippen molar-refractivity contribution in [1.82, 2.24) is 15.0 Å². The van der Waals surface area contributed by atoms with Gasteiger partial charge in [-0.1, -0.05) is 23.4 Å². The molecule has 0 amide bonds. The first-order valence-corrected chi connectivity index (χ1v) is 6.54. The highest BCUT2D eigenvalue weighted by atomic mass is 16.5. The molecule has 19 heavy (non-hydrogen) atoms. The van der Waals surface area contributed by atoms with E-state index in [1.165, 1.54) is 0 Å². The first-order chi connectivity index (χ1) is 9.31. The van der Waals surface area contributed by atoms with Gasteiger partial charge in [0, 0.05) is 6.61 Å². The van der Waals surface area contributed by atoms with E-state index >= 15 is 0 Å². The molecule has 1 aliphatic heterocycles. The van der Waals surface area contributed by atoms with Crippen LogP contribution >= 0.6 is 0 Å². The summed E-state index contributed by atoms with van der Waals surface area (Å²) in [7, 11) is 0. The van der Waals surface area contributed by atoms with Gasteiger partial charge in [0.25, 0.3) is 0 Å². The Morgan fingerprint density at radius 3 is 2.95 bits per heavy atom. The predicted octanol–water partition coefficient (Wildman–Crippen LogP) is 1.92. The van der Waals surface area contributed by atoms with Crippen LogP contribution in [-0.4, -0.2) is 26.7 Å². The molecule has 1 aromatic heterocycles. The van der Waals surface area contributed by atoms with Crippen LogP contribution in [0.5, 0.6) is 0 Å². The molecular weight excluding hydrogens is 242 g/mol. The van der Waals surface area contributed by atoms with Crippen LogP contribution in [0.15, 0.2) is 24.3 Å². The summed E-state index contributed by atoms with van der Waals surface area (Å²) < 4.78 is 7.53. The van der Waals surface area contributed by atoms with Crippen molar-refractivity contribution in [3.05, 3.63) is 41.2 Å². The number of nitrogens with zero attached hydrogens (tertiary/aromatic N) is 3. The van der Waals surface area contributed by atoms with Gasteiger partial charge >= 0.3 is 0 Å². The molecular formula is C14H17N3O2. The second-order valence-electron chi connectivity index (χ2n) is 4.78. The predicted molar refractivity (Wildman–Crippen MR) is 69.9 cm³/mol. The van der Waals surface area contributed by atoms with E-state index in [-0.39, 0.29) is 12.7 Å². The molecule has 1 aliphatic rings. The first kappa shape index (κ1) is 12.3. The standard InChI is InChI=1S/C14H17N3O2/c1-10-5-2-3-6-12(10)17-14(11(9-18)15-16-17)13-7-4-8-19-13/h2-3,5-6,13,18H,4,7-9H2,1H3. The van der Waals surface area contributed by atoms with E-state index in [0.29, 0.717) is 5.69 Å². The molecule has 1 fully saturated rings. The summed E-state index contributed by atoms with van der Waals surface area (Å²) >= 11 is 0. The van der Waals surface area contributed by atoms with Crippen LogP contribution in [0.25, 0.3) is 5.69 Å². The van der Waals surface area contributed by atoms with Crippen molar-refractivity contribution in [2.24, 2.45) is 0 Å². The maximum Gasteiger partial charge on any atom is 0.114 e. The van der Waals surface area contributed by atoms with E-state index in [2.05, 4.69) is 10.3 Å². The van der Waals surface area contributed by atoms with E-state index in [4.69, 9.17) is 4.74 Å². The summed E-state index contributed by atoms with van der Waals surface area (Å²) in [5.74, 6) is 0. The van der Waals surface area contributed by atoms with Crippen LogP contribution in [0.3, 0.4) is 0 Å². The Kier molecular flexibility index (Phi) is 3.31. The number of hydrogen-bond acceptors (Lipinski definition) is 4. The third-order valence-corrected chi connectivity index (χ3v) is 3.51. The lowest BCUT2D eigenvalue weighted by Gasteiger charge is -2.14. The number of aliphatic hydroxyl groups is 1. The number of hydrogen-bond donors (Lipinski definition) is 1. The quantitative estimate of drug-likeness (QED) is 0.914. The third kappa shape index (κ3) is 2.15. The topological polar surface area (TPSA) is 60.2 Å². The van der Waals surface area contributed by atoms with Gasteiger partial charge in [0.05, 0.1) is 18.0 Å². The zero-order valence-corrected chi connectivity index (χ0v) is 10.9. The van der Waals surface area contributed by atoms with Gasteiger partial charge < -0.3 is 9.84 Å². The molecule has 5 nitrogen and oxygen atoms in total. The van der Waals surface area contributed by atoms with Crippen LogP contribution in [-0.2, 0) is 11.3 Å². The maximum absolute atomic E-state index is 9.44. The van der Waals surface area contributed by atoms with Gasteiger partial charge in [-0.25, -0.2) is 4.68 Å². The number of aliphatic hydroxyl groups excluding tert-OH is 1. The molecule has 1 unspecified atom stereocenters. The molecule has 2 aromatic rings. The maximum atomic E-state index is 9.44. The number of rotatable bonds is 3. The van der Waals surface area contributed by atoms with Crippen molar-refractivity contribution < 1.29 is 9.84 Å². The van der Waals surface area contributed by atoms with E-state index in [1.807, 2.05) is 31.2 Å². The Hall–Kier alpha value is -1.72. The Morgan fingerprint density at radius 2 is 2.26 bits per heavy atom. The van der Waals surface area contributed by atoms with Crippen LogP contribution in [0, 0.1) is 6.92 Å². The molecule has 1 N–H and O–H groups in total. The van der Waals surface area contributed by atoms with Crippen LogP contribution in [0.4, 0.5) is 0 Å². The second kappa shape index (κ2) is 5.11. The van der Waals surface area contributed by atoms with Gasteiger partial charge in [-0.05, 0) is 31.4 Å². The minimum absolute atomic E-state index is 0.0169. The Labute approximate surface area is 111 Å². The Morgan fingerprint density at radius 1 is 1.42 bits per heavy atom. The number of ether oxygens (including phenoxy) is 1. The Bertz CT molecular complexity index is 574. The summed E-state index contributed by atoms with van der Waals surface area (Å²) in [6.45, 7) is 2.68. The number of benzene rings is 1. The fraction of sp³-hybridized carbons (Fsp3) is 0.429. The zero-order chi connectivity index (χ0) is 13.2. The molecule has 2 heterocycles. The highest BCUT2D eigenvalue weighted by Gasteiger charge is 2.27. The SMILES string of the molecule is Cc1ccccc1-n1nnc(CO)c1C1CCCO1. The molecule has 1 saturated heterocycles. The molecule has 100 valence electrons. The molecule has 0 radical (unpaired) electrons. The number of aryl methyl sites for hydroxylation is 1. The van der Waals surface area contributed by atoms with Crippen molar-refractivity contribution >= 4 is 0 Å². The lowest BCUT2D eigenvalue weighted by atomic mass is 10.1. The third-order valence-electron chi connectivity index (χ3n) is 3.51. The average molecular weight is 259 g/mol. The van der Waals surface area contributed by atoms with E-state index in [1.54, 1.807) is 4.68 Å². The first-order valence-electron chi connectivity index (χ1n) is 6.54. The van der Waals surface area contributed by atoms with Crippen LogP contribution in [0.1, 0.15) is 35.9 Å². The minimum Gasteiger partial charge on any atom is -0.390 e. The number of para-hydroxylation sites is 1. The molecule has 0 saturated carbocycles. The average Bonchev–Trinajstić information content (AvgIpc) is 3.07. The van der Waals surface area contributed by atoms with E-state index < -0.39 is 0 Å². The van der Waals surface area contributed by atoms with Crippen molar-refractivity contribution in [3.63, 3.8) is 0 Å². The summed E-state index contributed by atoms with van der Waals surface area (Å²) in [5, 5.41) is 17.7. The molecule has 1 atom stereocenters. The van der Waals surface area contributed by atoms with Gasteiger partial charge in [-0.15, -0.1) is 5.10 Å². The van der Waals surface area contributed by atoms with Crippen molar-refractivity contribution in [3.8, 4) is 5.69 Å². The van der Waals surface area contributed by atoms with E-state index in [9.17, 15) is 5.11 Å². The van der Waals surface area contributed by atoms with Gasteiger partial charge in [-0.2, -0.15) is 0 Å². The second-order valence-corrected chi connectivity index (χ2v) is 4.78. The highest BCUT2D eigenvalue weighted by Crippen LogP contribution is 2.32. The molecule has 0 spiro atoms. The summed E-state index contributed by atoms with van der Waals surface area (Å²) in [4.78, 5) is 0. The molecule has 1 aromatic carbocycles. The lowest BCUT2D eigenvalue weighted by molar-refractivity contribution is 0.104. The van der Waals surface area contributed by atoms with Gasteiger partial charge in [0.15, 0.2) is 0 Å². The molecule has 3 rings (SSSR count). The van der Waals surface area contributed by atoms with E-state index in [0.717, 1.165) is 36.4 Å². The van der Waals surface area contributed by atoms with Crippen molar-refractivity contribution in [2.45, 2.75) is 32.5 Å². The molecule has 0 aliphatic carbocycles. The summed E-state index contributed by atoms with van der Waals surface area (Å²) in [5.41, 5.74) is 3.60. The highest BCUT2D eigenvalue weighted by molar-refractivity contribution is 5.41. The summed E-state index contributed by atoms with van der Waals surface area (Å²) in [6.07, 6.45) is 1.97. The van der Waals surface area contributed by atoms with Crippen molar-refractivity contribution in [1.29, 1.82) is 0 Å². The molecule has 5 heteroatoms.